The van der Waals surface area contributed by atoms with Crippen LogP contribution in [0.5, 0.6) is 0 Å². The van der Waals surface area contributed by atoms with Gasteiger partial charge in [-0.2, -0.15) is 0 Å². The molecule has 0 amide bonds. The topological polar surface area (TPSA) is 111 Å². The fourth-order valence-electron chi connectivity index (χ4n) is 8.90. The molecule has 0 aromatic heterocycles. The molecule has 0 aliphatic rings. The number of carboxylic acid groups (broad SMARTS) is 1. The van der Waals surface area contributed by atoms with Crippen molar-refractivity contribution in [2.75, 3.05) is 47.5 Å². The Morgan fingerprint density at radius 3 is 1.04 bits per heavy atom. The predicted octanol–water partition coefficient (Wildman–Crippen LogP) is 19.8. The number of rotatable bonds is 61. The quantitative estimate of drug-likeness (QED) is 0.0195. The highest BCUT2D eigenvalue weighted by atomic mass is 16.7. The van der Waals surface area contributed by atoms with E-state index in [4.69, 9.17) is 18.9 Å². The highest BCUT2D eigenvalue weighted by molar-refractivity contribution is 5.70. The summed E-state index contributed by atoms with van der Waals surface area (Å²) in [6.45, 7) is 4.55. The first kappa shape index (κ1) is 80.2. The molecule has 482 valence electrons. The second-order valence-electron chi connectivity index (χ2n) is 23.4. The van der Waals surface area contributed by atoms with E-state index in [1.165, 1.54) is 128 Å². The molecule has 0 saturated carbocycles. The van der Waals surface area contributed by atoms with Crippen LogP contribution in [0.25, 0.3) is 0 Å². The van der Waals surface area contributed by atoms with Gasteiger partial charge in [0.25, 0.3) is 0 Å². The van der Waals surface area contributed by atoms with E-state index in [9.17, 15) is 19.5 Å². The van der Waals surface area contributed by atoms with Gasteiger partial charge in [0.1, 0.15) is 13.2 Å². The monoisotopic (exact) mass is 1180 g/mol. The van der Waals surface area contributed by atoms with Crippen molar-refractivity contribution in [2.45, 2.75) is 270 Å². The standard InChI is InChI=1S/C76H125NO8/c1-6-8-10-12-14-16-18-20-22-24-26-28-30-32-34-36-37-39-40-42-44-46-48-50-52-54-56-58-60-62-64-66-73(78)83-70-72(71-84-76(75(80)81)82-69-68-77(3,4)5)85-74(79)67-65-63-61-59-57-55-53-51-49-47-45-43-41-38-35-33-31-29-27-25-23-21-19-17-15-13-11-9-7-2/h9,11,15,17-18,20-21,23-24,26-27,29-30,32-33,35,41,43,47,49,53,55,59,61,72,76H,6-8,10,12-14,16,19,22,25,28,31,34,36-40,42,44-46,48,50-52,54,56-58,60,62-71H2,1-5H3/b11-9-,17-15-,20-18-,23-21-,26-24-,29-27-,32-30-,35-33-,43-41-,49-47-,55-53-,61-59-. The van der Waals surface area contributed by atoms with Crippen molar-refractivity contribution in [3.05, 3.63) is 146 Å². The average molecular weight is 1180 g/mol. The predicted molar refractivity (Wildman–Crippen MR) is 361 cm³/mol. The maximum absolute atomic E-state index is 12.9. The summed E-state index contributed by atoms with van der Waals surface area (Å²) < 4.78 is 22.7. The first-order chi connectivity index (χ1) is 41.6. The Morgan fingerprint density at radius 1 is 0.365 bits per heavy atom. The summed E-state index contributed by atoms with van der Waals surface area (Å²) in [6.07, 6.45) is 92.2. The molecule has 0 aliphatic heterocycles. The highest BCUT2D eigenvalue weighted by Crippen LogP contribution is 2.16. The third kappa shape index (κ3) is 66.5. The van der Waals surface area contributed by atoms with Crippen LogP contribution in [0.2, 0.25) is 0 Å². The van der Waals surface area contributed by atoms with Crippen LogP contribution in [0.3, 0.4) is 0 Å². The van der Waals surface area contributed by atoms with Crippen molar-refractivity contribution in [1.29, 1.82) is 0 Å². The van der Waals surface area contributed by atoms with Crippen LogP contribution in [-0.4, -0.2) is 82.3 Å². The third-order valence-electron chi connectivity index (χ3n) is 14.1. The fraction of sp³-hybridized carbons (Fsp3) is 0.645. The normalized spacial score (nSPS) is 13.7. The van der Waals surface area contributed by atoms with Crippen LogP contribution in [0.15, 0.2) is 146 Å². The molecule has 0 fully saturated rings. The van der Waals surface area contributed by atoms with Crippen molar-refractivity contribution in [2.24, 2.45) is 0 Å². The number of ether oxygens (including phenoxy) is 4. The molecule has 2 unspecified atom stereocenters. The summed E-state index contributed by atoms with van der Waals surface area (Å²) in [5.41, 5.74) is 0. The van der Waals surface area contributed by atoms with E-state index >= 15 is 0 Å². The van der Waals surface area contributed by atoms with E-state index in [2.05, 4.69) is 160 Å². The zero-order chi connectivity index (χ0) is 61.9. The van der Waals surface area contributed by atoms with Crippen LogP contribution in [0.4, 0.5) is 0 Å². The van der Waals surface area contributed by atoms with Crippen LogP contribution in [0, 0.1) is 0 Å². The number of aliphatic carboxylic acids is 1. The molecule has 0 saturated heterocycles. The Hall–Kier alpha value is -4.83. The average Bonchev–Trinajstić information content (AvgIpc) is 3.48. The van der Waals surface area contributed by atoms with E-state index in [0.29, 0.717) is 23.9 Å². The van der Waals surface area contributed by atoms with Crippen molar-refractivity contribution in [3.8, 4) is 0 Å². The Bertz CT molecular complexity index is 1900. The first-order valence-corrected chi connectivity index (χ1v) is 34.0. The van der Waals surface area contributed by atoms with Crippen molar-refractivity contribution < 1.29 is 42.9 Å². The summed E-state index contributed by atoms with van der Waals surface area (Å²) >= 11 is 0. The lowest BCUT2D eigenvalue weighted by molar-refractivity contribution is -0.870. The number of likely N-dealkylation sites (N-methyl/N-ethyl adjacent to an activating group) is 1. The van der Waals surface area contributed by atoms with Gasteiger partial charge in [0.05, 0.1) is 40.3 Å². The molecule has 0 aromatic rings. The SMILES string of the molecule is CC/C=C\C/C=C\C/C=C\C/C=C\C/C=C\C/C=C\C/C=C\C/C=C\C/C=C\CCCC(=O)OC(COC(=O)CCCCCCCCCCCCCCCCCC/C=C\C/C=C\C/C=C\CCCCCCC)COC(OCC[N+](C)(C)C)C(=O)[O-]. The minimum absolute atomic E-state index is 0.129. The van der Waals surface area contributed by atoms with Gasteiger partial charge in [-0.3, -0.25) is 9.59 Å². The Labute approximate surface area is 522 Å². The minimum Gasteiger partial charge on any atom is -0.545 e. The second-order valence-corrected chi connectivity index (χ2v) is 23.4. The zero-order valence-electron chi connectivity index (χ0n) is 54.9. The lowest BCUT2D eigenvalue weighted by Gasteiger charge is -2.26. The maximum atomic E-state index is 12.9. The zero-order valence-corrected chi connectivity index (χ0v) is 54.9. The smallest absolute Gasteiger partial charge is 0.306 e. The van der Waals surface area contributed by atoms with Crippen molar-refractivity contribution in [3.63, 3.8) is 0 Å². The maximum Gasteiger partial charge on any atom is 0.306 e. The number of allylic oxidation sites excluding steroid dienone is 24. The fourth-order valence-corrected chi connectivity index (χ4v) is 8.90. The summed E-state index contributed by atoms with van der Waals surface area (Å²) in [5, 5.41) is 11.8. The molecule has 2 atom stereocenters. The Morgan fingerprint density at radius 2 is 0.682 bits per heavy atom. The molecule has 0 heterocycles. The van der Waals surface area contributed by atoms with Crippen LogP contribution < -0.4 is 5.11 Å². The van der Waals surface area contributed by atoms with Crippen LogP contribution in [0.1, 0.15) is 258 Å². The molecule has 0 aliphatic carbocycles. The molecule has 9 heteroatoms. The van der Waals surface area contributed by atoms with Gasteiger partial charge in [0.15, 0.2) is 12.4 Å². The van der Waals surface area contributed by atoms with E-state index in [1.807, 2.05) is 21.1 Å². The van der Waals surface area contributed by atoms with E-state index < -0.39 is 24.3 Å². The molecular formula is C76H125NO8. The van der Waals surface area contributed by atoms with Gasteiger partial charge in [-0.25, -0.2) is 0 Å². The molecule has 0 spiro atoms. The number of hydrogen-bond donors (Lipinski definition) is 0. The molecule has 9 nitrogen and oxygen atoms in total. The Kier molecular flexibility index (Phi) is 61.4. The summed E-state index contributed by atoms with van der Waals surface area (Å²) in [4.78, 5) is 37.4. The molecular weight excluding hydrogens is 1050 g/mol. The summed E-state index contributed by atoms with van der Waals surface area (Å²) in [6, 6.07) is 0. The van der Waals surface area contributed by atoms with Gasteiger partial charge < -0.3 is 33.3 Å². The molecule has 0 rings (SSSR count). The lowest BCUT2D eigenvalue weighted by Crippen LogP contribution is -2.44. The molecule has 0 aromatic carbocycles. The number of carbonyl (C=O) groups excluding carboxylic acids is 3. The van der Waals surface area contributed by atoms with Crippen molar-refractivity contribution in [1.82, 2.24) is 0 Å². The van der Waals surface area contributed by atoms with E-state index in [1.54, 1.807) is 0 Å². The number of carboxylic acids is 1. The van der Waals surface area contributed by atoms with Crippen LogP contribution in [-0.2, 0) is 33.3 Å². The molecule has 85 heavy (non-hydrogen) atoms. The van der Waals surface area contributed by atoms with Gasteiger partial charge in [-0.15, -0.1) is 0 Å². The van der Waals surface area contributed by atoms with Crippen LogP contribution >= 0.6 is 0 Å². The number of esters is 2. The highest BCUT2D eigenvalue weighted by Gasteiger charge is 2.22. The molecule has 0 N–H and O–H groups in total. The second kappa shape index (κ2) is 65.2. The largest absolute Gasteiger partial charge is 0.545 e. The molecule has 0 radical (unpaired) electrons. The van der Waals surface area contributed by atoms with Crippen molar-refractivity contribution >= 4 is 17.9 Å². The van der Waals surface area contributed by atoms with Gasteiger partial charge in [-0.1, -0.05) is 275 Å². The number of nitrogens with zero attached hydrogens (tertiary/aromatic N) is 1. The van der Waals surface area contributed by atoms with Gasteiger partial charge in [-0.05, 0) is 116 Å². The Balaban J connectivity index is 4.26. The van der Waals surface area contributed by atoms with Gasteiger partial charge in [0.2, 0.25) is 0 Å². The summed E-state index contributed by atoms with van der Waals surface area (Å²) in [5.74, 6) is -2.37. The number of unbranched alkanes of at least 4 members (excludes halogenated alkanes) is 22. The van der Waals surface area contributed by atoms with Gasteiger partial charge >= 0.3 is 11.9 Å². The lowest BCUT2D eigenvalue weighted by atomic mass is 10.0. The number of hydrogen-bond acceptors (Lipinski definition) is 8. The molecule has 0 bridgehead atoms. The number of quaternary nitrogens is 1. The number of carbonyl (C=O) groups is 3. The first-order valence-electron chi connectivity index (χ1n) is 34.0. The van der Waals surface area contributed by atoms with Gasteiger partial charge in [0, 0.05) is 12.8 Å². The van der Waals surface area contributed by atoms with E-state index in [-0.39, 0.29) is 38.6 Å². The summed E-state index contributed by atoms with van der Waals surface area (Å²) in [7, 11) is 5.90. The third-order valence-corrected chi connectivity index (χ3v) is 14.1. The van der Waals surface area contributed by atoms with E-state index in [0.717, 1.165) is 89.9 Å². The minimum atomic E-state index is -1.65.